The van der Waals surface area contributed by atoms with Gasteiger partial charge in [-0.15, -0.1) is 0 Å². The Labute approximate surface area is 787 Å². The predicted molar refractivity (Wildman–Crippen MR) is 514 cm³/mol. The lowest BCUT2D eigenvalue weighted by Gasteiger charge is -2.38. The quantitative estimate of drug-likeness (QED) is 0.0174. The Hall–Kier alpha value is -6.11. The number of rotatable bonds is 27. The van der Waals surface area contributed by atoms with Crippen LogP contribution in [0.3, 0.4) is 0 Å². The lowest BCUT2D eigenvalue weighted by atomic mass is 9.89. The third kappa shape index (κ3) is 75.0. The molecule has 32 nitrogen and oxygen atoms in total. The van der Waals surface area contributed by atoms with Crippen LogP contribution in [0.4, 0.5) is 0 Å². The fraction of sp³-hybridized carbons (Fsp3) is 0.844. The number of likely N-dealkylation sites (tertiary alicyclic amines) is 2. The predicted octanol–water partition coefficient (Wildman–Crippen LogP) is 12.5. The molecule has 0 aromatic rings. The van der Waals surface area contributed by atoms with E-state index in [0.29, 0.717) is 120 Å². The molecule has 3 unspecified atom stereocenters. The van der Waals surface area contributed by atoms with Crippen LogP contribution in [0.2, 0.25) is 0 Å². The number of carbonyl (C=O) groups is 11. The van der Waals surface area contributed by atoms with E-state index in [1.54, 1.807) is 13.1 Å². The molecule has 0 saturated carbocycles. The zero-order chi connectivity index (χ0) is 102. The number of nitrogens with one attached hydrogen (secondary N) is 3. The van der Waals surface area contributed by atoms with E-state index in [1.807, 2.05) is 259 Å². The van der Waals surface area contributed by atoms with E-state index in [9.17, 15) is 57.8 Å². The lowest BCUT2D eigenvalue weighted by Crippen LogP contribution is -2.50. The normalized spacial score (nSPS) is 20.0. The largest absolute Gasteiger partial charge is 0.478 e. The Balaban J connectivity index is -0.000000448. The van der Waals surface area contributed by atoms with Crippen molar-refractivity contribution in [2.75, 3.05) is 108 Å². The van der Waals surface area contributed by atoms with Gasteiger partial charge in [-0.1, -0.05) is 28.1 Å². The summed E-state index contributed by atoms with van der Waals surface area (Å²) in [6.07, 6.45) is 11.4. The van der Waals surface area contributed by atoms with Gasteiger partial charge in [0.1, 0.15) is 50.7 Å². The van der Waals surface area contributed by atoms with Gasteiger partial charge in [-0.05, 0) is 329 Å². The van der Waals surface area contributed by atoms with E-state index < -0.39 is 46.0 Å². The van der Waals surface area contributed by atoms with Gasteiger partial charge in [0.05, 0.1) is 38.8 Å². The summed E-state index contributed by atoms with van der Waals surface area (Å²) in [6.45, 7) is 61.4. The van der Waals surface area contributed by atoms with Crippen molar-refractivity contribution in [3.05, 3.63) is 23.3 Å². The minimum absolute atomic E-state index is 0.0254. The standard InChI is InChI=1S/C13H25NO4.C12H23NO3.C12H21NO3.C12H21NO2.C10H20BrNO2.C10H21NO3.C10H21NO2.C9H19NO2.C8H13NO2/c1-10(14(5)9-12(16)17-6)7-8-11(15)18-13(2,3)4;2*1-8-6-9(10(14)7-13(8)5)11(15)16-12(2,3)4;1-9-8-10(6-7-13(9)5)11(14)15-12(2,3)4;1-10(2,3)14-9(13)6-5-8(7-11)12-4;1-10(2,3)14-9(13)6-5-8(7-12)11-4;1-8(11-5)6-7-9(12)13-10(2,3)4;1-7(10)5-6-8(11)12-9(2,3)4;1-6-5-7(8(10)11)3-4-9(6)2/h10H,7-9H2,1-6H3;8-10,14H,6-7H2,1-5H3;8-9H,6-7H2,1-5H3;6,9H,7-8H2,1-5H3;8,12H,5-7H2,1-4H3;8,11-12H,5-7H2,1-4H3;8,11H,6-7H2,1-5H3;7H,5-6,10H2,1-4H3;3,6H,4-5H2,1-2H3,(H,10,11)/t10-;8-,9?,10?;8-,9?;9-;3*8-;7-;6-/m111100111/s1. The maximum absolute atomic E-state index is 11.9. The second-order valence-electron chi connectivity index (χ2n) is 42.0. The topological polar surface area (TPSA) is 410 Å². The van der Waals surface area contributed by atoms with Crippen LogP contribution in [0.25, 0.3) is 0 Å². The summed E-state index contributed by atoms with van der Waals surface area (Å²) >= 11 is 3.37. The van der Waals surface area contributed by atoms with Gasteiger partial charge in [-0.2, -0.15) is 0 Å². The molecule has 2 fully saturated rings. The molecule has 4 aliphatic rings. The van der Waals surface area contributed by atoms with Crippen molar-refractivity contribution < 1.29 is 111 Å². The number of hydrogen-bond acceptors (Lipinski definition) is 31. The van der Waals surface area contributed by atoms with Crippen LogP contribution in [-0.4, -0.2) is 319 Å². The van der Waals surface area contributed by atoms with Crippen molar-refractivity contribution in [2.24, 2.45) is 17.6 Å². The van der Waals surface area contributed by atoms with Crippen LogP contribution in [0.15, 0.2) is 23.3 Å². The fourth-order valence-corrected chi connectivity index (χ4v) is 12.0. The molecule has 2 saturated heterocycles. The fourth-order valence-electron chi connectivity index (χ4n) is 11.3. The highest BCUT2D eigenvalue weighted by molar-refractivity contribution is 9.09. The Bertz CT molecular complexity index is 3270. The van der Waals surface area contributed by atoms with Crippen LogP contribution in [0.5, 0.6) is 0 Å². The van der Waals surface area contributed by atoms with Crippen LogP contribution in [-0.2, 0) is 95.4 Å². The minimum atomic E-state index is -0.773. The molecule has 129 heavy (non-hydrogen) atoms. The number of hydrogen-bond donors (Lipinski definition) is 7. The van der Waals surface area contributed by atoms with E-state index >= 15 is 0 Å². The minimum Gasteiger partial charge on any atom is -0.478 e. The SMILES string of the molecule is CN[C@H](C)CCC(=O)OC(C)(C)C.CN[C@H](CBr)CCC(=O)OC(C)(C)C.CN[C@H](CO)CCC(=O)OC(C)(C)C.COC(=O)CN(C)[C@H](C)CCC(=O)OC(C)(C)C.C[C@@H](N)CCC(=O)OC(C)(C)C.C[C@@H]1CC(C(=O)O)=CCN1C.C[C@@H]1CC(C(=O)OC(C)(C)C)=CCN1C.C[C@@H]1CC(C(=O)OC(C)(C)C)C(=O)CN1C.C[C@@H]1CC(C(=O)OC(C)(C)C)C(O)CN1C. The number of nitrogens with two attached hydrogens (primary N) is 1. The Morgan fingerprint density at radius 2 is 0.829 bits per heavy atom. The third-order valence-corrected chi connectivity index (χ3v) is 20.2. The molecule has 758 valence electrons. The number of aliphatic carboxylic acids is 1. The first kappa shape index (κ1) is 131. The molecule has 12 atom stereocenters. The van der Waals surface area contributed by atoms with Crippen LogP contribution in [0, 0.1) is 11.8 Å². The zero-order valence-electron chi connectivity index (χ0n) is 87.6. The van der Waals surface area contributed by atoms with Crippen molar-refractivity contribution in [1.82, 2.24) is 40.4 Å². The number of halogens is 1. The molecule has 0 bridgehead atoms. The van der Waals surface area contributed by atoms with Gasteiger partial charge in [0.15, 0.2) is 5.78 Å². The van der Waals surface area contributed by atoms with Crippen molar-refractivity contribution in [3.63, 3.8) is 0 Å². The van der Waals surface area contributed by atoms with Crippen molar-refractivity contribution in [2.45, 2.75) is 410 Å². The number of Topliss-reactive ketones (excluding diaryl/α,β-unsaturated/α-hetero) is 1. The van der Waals surface area contributed by atoms with Crippen LogP contribution >= 0.6 is 15.9 Å². The molecule has 0 aromatic heterocycles. The van der Waals surface area contributed by atoms with Crippen LogP contribution in [0.1, 0.15) is 305 Å². The molecule has 0 spiro atoms. The second kappa shape index (κ2) is 64.0. The summed E-state index contributed by atoms with van der Waals surface area (Å²) in [5, 5.41) is 37.4. The van der Waals surface area contributed by atoms with E-state index in [4.69, 9.17) is 53.8 Å². The number of ketones is 1. The summed E-state index contributed by atoms with van der Waals surface area (Å²) in [7, 11) is 16.6. The number of likely N-dealkylation sites (N-methyl/N-ethyl adjacent to an activating group) is 6. The number of ether oxygens (including phenoxy) is 9. The summed E-state index contributed by atoms with van der Waals surface area (Å²) in [4.78, 5) is 135. The Kier molecular flexibility index (Phi) is 65.1. The summed E-state index contributed by atoms with van der Waals surface area (Å²) in [5.41, 5.74) is 3.47. The van der Waals surface area contributed by atoms with E-state index in [2.05, 4.69) is 72.2 Å². The highest BCUT2D eigenvalue weighted by atomic mass is 79.9. The molecule has 33 heteroatoms. The average Bonchev–Trinajstić information content (AvgIpc) is 0.834. The number of aliphatic hydroxyl groups is 2. The summed E-state index contributed by atoms with van der Waals surface area (Å²) in [5.74, 6) is -3.70. The first-order valence-corrected chi connectivity index (χ1v) is 46.7. The molecular weight excluding hydrogens is 1730 g/mol. The highest BCUT2D eigenvalue weighted by Gasteiger charge is 2.40. The monoisotopic (exact) mass is 1910 g/mol. The molecular formula is C96H184BrN9O23. The maximum atomic E-state index is 11.9. The van der Waals surface area contributed by atoms with E-state index in [1.165, 1.54) is 7.11 Å². The molecule has 8 N–H and O–H groups in total. The smallest absolute Gasteiger partial charge is 0.334 e. The van der Waals surface area contributed by atoms with Crippen molar-refractivity contribution in [3.8, 4) is 0 Å². The Morgan fingerprint density at radius 3 is 1.17 bits per heavy atom. The number of nitrogens with zero attached hydrogens (tertiary/aromatic N) is 5. The number of piperidine rings is 2. The zero-order valence-corrected chi connectivity index (χ0v) is 89.2. The molecule has 4 aliphatic heterocycles. The van der Waals surface area contributed by atoms with Gasteiger partial charge in [0.25, 0.3) is 0 Å². The van der Waals surface area contributed by atoms with E-state index in [0.717, 1.165) is 43.3 Å². The maximum Gasteiger partial charge on any atom is 0.334 e. The summed E-state index contributed by atoms with van der Waals surface area (Å²) < 4.78 is 46.3. The number of carboxylic acids is 1. The molecule has 0 aromatic carbocycles. The number of carboxylic acid groups (broad SMARTS) is 1. The number of β-amino-alcohol motifs (C(OH)–C–C–N with tert-alkyl or cyclic N) is 1. The molecule has 0 amide bonds. The third-order valence-electron chi connectivity index (χ3n) is 19.5. The van der Waals surface area contributed by atoms with Crippen LogP contribution < -0.4 is 21.7 Å². The first-order valence-electron chi connectivity index (χ1n) is 45.5. The molecule has 4 heterocycles. The molecule has 0 radical (unpaired) electrons. The van der Waals surface area contributed by atoms with Gasteiger partial charge in [0.2, 0.25) is 0 Å². The van der Waals surface area contributed by atoms with Gasteiger partial charge >= 0.3 is 59.7 Å². The average molecular weight is 1910 g/mol. The number of alkyl halides is 1. The summed E-state index contributed by atoms with van der Waals surface area (Å²) in [6, 6.07) is 2.19. The van der Waals surface area contributed by atoms with Gasteiger partial charge in [0, 0.05) is 123 Å². The molecule has 4 rings (SSSR count). The van der Waals surface area contributed by atoms with Crippen molar-refractivity contribution in [1.29, 1.82) is 0 Å². The highest BCUT2D eigenvalue weighted by Crippen LogP contribution is 2.28. The van der Waals surface area contributed by atoms with Gasteiger partial charge in [-0.25, -0.2) is 9.59 Å². The number of aliphatic hydroxyl groups excluding tert-OH is 2. The molecule has 0 aliphatic carbocycles. The second-order valence-corrected chi connectivity index (χ2v) is 42.6. The number of esters is 9. The van der Waals surface area contributed by atoms with Gasteiger partial charge < -0.3 is 84.5 Å². The first-order chi connectivity index (χ1) is 58.4. The lowest BCUT2D eigenvalue weighted by molar-refractivity contribution is -0.168. The van der Waals surface area contributed by atoms with Crippen molar-refractivity contribution >= 4 is 81.4 Å². The number of carbonyl (C=O) groups excluding carboxylic acids is 10. The van der Waals surface area contributed by atoms with E-state index in [-0.39, 0.29) is 120 Å². The van der Waals surface area contributed by atoms with Gasteiger partial charge in [-0.3, -0.25) is 62.8 Å². The number of methoxy groups -OCH3 is 1. The Morgan fingerprint density at radius 1 is 0.481 bits per heavy atom.